The molecule has 3 N–H and O–H groups in total. The predicted octanol–water partition coefficient (Wildman–Crippen LogP) is 1.83. The van der Waals surface area contributed by atoms with E-state index in [9.17, 15) is 9.90 Å². The van der Waals surface area contributed by atoms with E-state index in [4.69, 9.17) is 5.11 Å². The Morgan fingerprint density at radius 1 is 1.30 bits per heavy atom. The first-order chi connectivity index (χ1) is 9.69. The third kappa shape index (κ3) is 3.75. The molecule has 20 heavy (non-hydrogen) atoms. The lowest BCUT2D eigenvalue weighted by atomic mass is 9.87. The molecule has 0 amide bonds. The minimum absolute atomic E-state index is 0.131. The largest absolute Gasteiger partial charge is 0.480 e. The van der Waals surface area contributed by atoms with E-state index < -0.39 is 11.5 Å². The molecular formula is C15H21NO3S. The summed E-state index contributed by atoms with van der Waals surface area (Å²) in [5.74, 6) is 0.537. The molecule has 1 fully saturated rings. The van der Waals surface area contributed by atoms with Crippen molar-refractivity contribution in [2.24, 2.45) is 0 Å². The first-order valence-electron chi connectivity index (χ1n) is 6.94. The SMILES string of the molecule is O=C(O)C(CCSCCO)(NC1CC1)c1ccccc1. The fourth-order valence-corrected chi connectivity index (χ4v) is 3.07. The normalized spacial score (nSPS) is 17.6. The number of aliphatic hydroxyl groups excluding tert-OH is 1. The molecule has 1 unspecified atom stereocenters. The fourth-order valence-electron chi connectivity index (χ4n) is 2.28. The molecule has 0 aromatic heterocycles. The third-order valence-corrected chi connectivity index (χ3v) is 4.48. The molecule has 1 aromatic rings. The van der Waals surface area contributed by atoms with Crippen LogP contribution < -0.4 is 5.32 Å². The monoisotopic (exact) mass is 295 g/mol. The van der Waals surface area contributed by atoms with Crippen molar-refractivity contribution in [2.45, 2.75) is 30.8 Å². The maximum Gasteiger partial charge on any atom is 0.328 e. The summed E-state index contributed by atoms with van der Waals surface area (Å²) in [6.45, 7) is 0.131. The molecule has 0 radical (unpaired) electrons. The Morgan fingerprint density at radius 3 is 2.55 bits per heavy atom. The number of rotatable bonds is 9. The van der Waals surface area contributed by atoms with Gasteiger partial charge in [-0.25, -0.2) is 4.79 Å². The second kappa shape index (κ2) is 7.11. The van der Waals surface area contributed by atoms with Gasteiger partial charge in [-0.15, -0.1) is 0 Å². The molecule has 0 aliphatic heterocycles. The highest BCUT2D eigenvalue weighted by molar-refractivity contribution is 7.99. The first kappa shape index (κ1) is 15.4. The summed E-state index contributed by atoms with van der Waals surface area (Å²) < 4.78 is 0. The number of carboxylic acid groups (broad SMARTS) is 1. The van der Waals surface area contributed by atoms with Crippen molar-refractivity contribution in [3.05, 3.63) is 35.9 Å². The van der Waals surface area contributed by atoms with Gasteiger partial charge in [-0.05, 0) is 30.6 Å². The van der Waals surface area contributed by atoms with Crippen LogP contribution in [0, 0.1) is 0 Å². The van der Waals surface area contributed by atoms with Gasteiger partial charge in [0.2, 0.25) is 0 Å². The zero-order valence-corrected chi connectivity index (χ0v) is 12.2. The third-order valence-electron chi connectivity index (χ3n) is 3.52. The molecule has 1 aromatic carbocycles. The highest BCUT2D eigenvalue weighted by atomic mass is 32.2. The lowest BCUT2D eigenvalue weighted by Crippen LogP contribution is -2.50. The zero-order chi connectivity index (χ0) is 14.4. The molecule has 5 heteroatoms. The number of carbonyl (C=O) groups is 1. The summed E-state index contributed by atoms with van der Waals surface area (Å²) in [4.78, 5) is 11.9. The Morgan fingerprint density at radius 2 is 2.00 bits per heavy atom. The van der Waals surface area contributed by atoms with Crippen molar-refractivity contribution in [3.8, 4) is 0 Å². The average molecular weight is 295 g/mol. The van der Waals surface area contributed by atoms with Crippen LogP contribution >= 0.6 is 11.8 Å². The topological polar surface area (TPSA) is 69.6 Å². The van der Waals surface area contributed by atoms with E-state index in [1.54, 1.807) is 11.8 Å². The van der Waals surface area contributed by atoms with Crippen molar-refractivity contribution in [2.75, 3.05) is 18.1 Å². The van der Waals surface area contributed by atoms with Crippen molar-refractivity contribution in [1.82, 2.24) is 5.32 Å². The summed E-state index contributed by atoms with van der Waals surface area (Å²) in [5.41, 5.74) is -0.200. The molecule has 1 aliphatic rings. The van der Waals surface area contributed by atoms with Crippen LogP contribution in [0.25, 0.3) is 0 Å². The molecule has 1 saturated carbocycles. The lowest BCUT2D eigenvalue weighted by molar-refractivity contribution is -0.145. The molecule has 1 aliphatic carbocycles. The van der Waals surface area contributed by atoms with Crippen LogP contribution in [0.4, 0.5) is 0 Å². The number of nitrogens with one attached hydrogen (secondary N) is 1. The Hall–Kier alpha value is -1.04. The van der Waals surface area contributed by atoms with Crippen molar-refractivity contribution >= 4 is 17.7 Å². The fraction of sp³-hybridized carbons (Fsp3) is 0.533. The molecule has 0 bridgehead atoms. The van der Waals surface area contributed by atoms with Crippen LogP contribution in [0.1, 0.15) is 24.8 Å². The van der Waals surface area contributed by atoms with Crippen molar-refractivity contribution in [3.63, 3.8) is 0 Å². The van der Waals surface area contributed by atoms with E-state index in [0.717, 1.165) is 18.4 Å². The van der Waals surface area contributed by atoms with E-state index in [1.165, 1.54) is 0 Å². The van der Waals surface area contributed by atoms with Gasteiger partial charge in [-0.2, -0.15) is 11.8 Å². The Labute approximate surface area is 123 Å². The van der Waals surface area contributed by atoms with E-state index in [1.807, 2.05) is 30.3 Å². The minimum Gasteiger partial charge on any atom is -0.480 e. The van der Waals surface area contributed by atoms with E-state index in [-0.39, 0.29) is 6.61 Å². The van der Waals surface area contributed by atoms with Gasteiger partial charge >= 0.3 is 5.97 Å². The van der Waals surface area contributed by atoms with Gasteiger partial charge in [0.15, 0.2) is 0 Å². The van der Waals surface area contributed by atoms with Crippen molar-refractivity contribution < 1.29 is 15.0 Å². The smallest absolute Gasteiger partial charge is 0.328 e. The second-order valence-corrected chi connectivity index (χ2v) is 6.31. The number of hydrogen-bond donors (Lipinski definition) is 3. The van der Waals surface area contributed by atoms with E-state index in [0.29, 0.717) is 24.0 Å². The molecule has 0 heterocycles. The van der Waals surface area contributed by atoms with E-state index in [2.05, 4.69) is 5.32 Å². The summed E-state index contributed by atoms with van der Waals surface area (Å²) in [5, 5.41) is 21.9. The summed E-state index contributed by atoms with van der Waals surface area (Å²) in [6, 6.07) is 9.72. The highest BCUT2D eigenvalue weighted by Gasteiger charge is 2.43. The highest BCUT2D eigenvalue weighted by Crippen LogP contribution is 2.32. The predicted molar refractivity (Wildman–Crippen MR) is 80.9 cm³/mol. The number of benzene rings is 1. The van der Waals surface area contributed by atoms with Gasteiger partial charge in [-0.1, -0.05) is 30.3 Å². The second-order valence-electron chi connectivity index (χ2n) is 5.08. The molecule has 0 spiro atoms. The quantitative estimate of drug-likeness (QED) is 0.606. The molecule has 2 rings (SSSR count). The Kier molecular flexibility index (Phi) is 5.46. The van der Waals surface area contributed by atoms with Crippen LogP contribution in [0.2, 0.25) is 0 Å². The van der Waals surface area contributed by atoms with E-state index >= 15 is 0 Å². The number of thioether (sulfide) groups is 1. The molecule has 110 valence electrons. The maximum absolute atomic E-state index is 11.9. The lowest BCUT2D eigenvalue weighted by Gasteiger charge is -2.31. The van der Waals surface area contributed by atoms with Crippen molar-refractivity contribution in [1.29, 1.82) is 0 Å². The number of carboxylic acids is 1. The van der Waals surface area contributed by atoms with Crippen LogP contribution in [0.5, 0.6) is 0 Å². The zero-order valence-electron chi connectivity index (χ0n) is 11.4. The Bertz CT molecular complexity index is 436. The molecule has 4 nitrogen and oxygen atoms in total. The van der Waals surface area contributed by atoms with Gasteiger partial charge in [-0.3, -0.25) is 5.32 Å². The molecular weight excluding hydrogens is 274 g/mol. The summed E-state index contributed by atoms with van der Waals surface area (Å²) in [6.07, 6.45) is 2.62. The van der Waals surface area contributed by atoms with Crippen LogP contribution in [0.3, 0.4) is 0 Å². The maximum atomic E-state index is 11.9. The van der Waals surface area contributed by atoms with Crippen LogP contribution in [-0.4, -0.2) is 40.3 Å². The van der Waals surface area contributed by atoms with Gasteiger partial charge in [0, 0.05) is 11.8 Å². The number of aliphatic hydroxyl groups is 1. The van der Waals surface area contributed by atoms with Gasteiger partial charge < -0.3 is 10.2 Å². The molecule has 0 saturated heterocycles. The van der Waals surface area contributed by atoms with Crippen LogP contribution in [0.15, 0.2) is 30.3 Å². The van der Waals surface area contributed by atoms with Gasteiger partial charge in [0.05, 0.1) is 6.61 Å². The van der Waals surface area contributed by atoms with Crippen LogP contribution in [-0.2, 0) is 10.3 Å². The number of hydrogen-bond acceptors (Lipinski definition) is 4. The Balaban J connectivity index is 2.17. The van der Waals surface area contributed by atoms with Gasteiger partial charge in [0.1, 0.15) is 5.54 Å². The average Bonchev–Trinajstić information content (AvgIpc) is 3.27. The minimum atomic E-state index is -1.01. The standard InChI is InChI=1S/C15H21NO3S/c17-9-11-20-10-8-15(14(18)19,16-13-6-7-13)12-4-2-1-3-5-12/h1-5,13,16-17H,6-11H2,(H,18,19). The molecule has 1 atom stereocenters. The summed E-state index contributed by atoms with van der Waals surface area (Å²) in [7, 11) is 0. The summed E-state index contributed by atoms with van der Waals surface area (Å²) >= 11 is 1.59. The van der Waals surface area contributed by atoms with Gasteiger partial charge in [0.25, 0.3) is 0 Å². The number of aliphatic carboxylic acids is 1. The first-order valence-corrected chi connectivity index (χ1v) is 8.10.